The predicted octanol–water partition coefficient (Wildman–Crippen LogP) is 2.23. The molecule has 0 aromatic heterocycles. The number of hydrogen-bond acceptors (Lipinski definition) is 10. The summed E-state index contributed by atoms with van der Waals surface area (Å²) >= 11 is 6.06. The molecule has 1 saturated carbocycles. The summed E-state index contributed by atoms with van der Waals surface area (Å²) in [5.41, 5.74) is 5.88. The van der Waals surface area contributed by atoms with Crippen LogP contribution in [0.15, 0.2) is 59.5 Å². The molecule has 59 heavy (non-hydrogen) atoms. The lowest BCUT2D eigenvalue weighted by molar-refractivity contribution is -0.143. The Morgan fingerprint density at radius 3 is 2.25 bits per heavy atom. The van der Waals surface area contributed by atoms with Crippen molar-refractivity contribution in [3.05, 3.63) is 65.2 Å². The Kier molecular flexibility index (Phi) is 17.2. The maximum atomic E-state index is 14.6. The molecule has 5 atom stereocenters. The summed E-state index contributed by atoms with van der Waals surface area (Å²) in [5.74, 6) is -5.66. The van der Waals surface area contributed by atoms with E-state index in [9.17, 15) is 42.0 Å². The summed E-state index contributed by atoms with van der Waals surface area (Å²) in [7, 11) is -4.20. The number of ether oxygens (including phenoxy) is 1. The summed E-state index contributed by atoms with van der Waals surface area (Å²) in [6.07, 6.45) is 3.12. The molecule has 7 N–H and O–H groups in total. The van der Waals surface area contributed by atoms with E-state index in [4.69, 9.17) is 22.1 Å². The number of nitrogens with zero attached hydrogens (tertiary/aromatic N) is 1. The molecule has 1 aliphatic carbocycles. The maximum absolute atomic E-state index is 14.6. The smallest absolute Gasteiger partial charge is 0.407 e. The van der Waals surface area contributed by atoms with Crippen LogP contribution < -0.4 is 31.7 Å². The predicted molar refractivity (Wildman–Crippen MR) is 217 cm³/mol. The van der Waals surface area contributed by atoms with Crippen LogP contribution in [0.1, 0.15) is 83.7 Å². The Balaban J connectivity index is 1.54. The third kappa shape index (κ3) is 13.5. The van der Waals surface area contributed by atoms with E-state index in [1.54, 1.807) is 37.3 Å². The highest BCUT2D eigenvalue weighted by Gasteiger charge is 2.46. The number of ketones is 1. The van der Waals surface area contributed by atoms with E-state index >= 15 is 0 Å². The van der Waals surface area contributed by atoms with Gasteiger partial charge in [0, 0.05) is 17.6 Å². The molecule has 2 unspecified atom stereocenters. The van der Waals surface area contributed by atoms with Gasteiger partial charge in [0.25, 0.3) is 5.91 Å². The van der Waals surface area contributed by atoms with Gasteiger partial charge in [0.1, 0.15) is 18.1 Å². The number of amides is 6. The number of nitrogens with one attached hydrogen (secondary N) is 5. The molecule has 19 heteroatoms. The molecular weight excluding hydrogens is 806 g/mol. The zero-order valence-corrected chi connectivity index (χ0v) is 35.0. The fourth-order valence-corrected chi connectivity index (χ4v) is 8.72. The van der Waals surface area contributed by atoms with Crippen molar-refractivity contribution < 1.29 is 46.7 Å². The number of rotatable bonds is 19. The number of carbonyl (C=O) groups excluding carboxylic acids is 7. The quantitative estimate of drug-likeness (QED) is 0.112. The second kappa shape index (κ2) is 21.8. The number of likely N-dealkylation sites (tertiary alicyclic amines) is 1. The molecule has 2 aliphatic rings. The first kappa shape index (κ1) is 46.6. The van der Waals surface area contributed by atoms with Gasteiger partial charge in [-0.2, -0.15) is 0 Å². The lowest BCUT2D eigenvalue weighted by Gasteiger charge is -2.34. The molecule has 1 aliphatic heterocycles. The van der Waals surface area contributed by atoms with E-state index in [0.29, 0.717) is 24.8 Å². The first-order valence-corrected chi connectivity index (χ1v) is 21.6. The number of halogens is 1. The van der Waals surface area contributed by atoms with Crippen molar-refractivity contribution in [1.82, 2.24) is 30.9 Å². The summed E-state index contributed by atoms with van der Waals surface area (Å²) in [5, 5.41) is 10.1. The molecular formula is C40H54ClN7O10S. The van der Waals surface area contributed by atoms with Gasteiger partial charge in [0.15, 0.2) is 0 Å². The van der Waals surface area contributed by atoms with E-state index in [1.165, 1.54) is 29.2 Å². The SMILES string of the molecule is CCCC(NC(=O)C1C[C@@H](NS(=O)(=O)c2cccc(Cl)c2)CN1C(=O)[C@@H](NC(=O)OCC(C)C)C1CCCCC1)C(=O)C(=O)NCC(=O)N[C@H](C(N)=O)c1ccccc1. The number of benzene rings is 2. The van der Waals surface area contributed by atoms with Gasteiger partial charge < -0.3 is 36.6 Å². The van der Waals surface area contributed by atoms with Crippen molar-refractivity contribution in [2.24, 2.45) is 17.6 Å². The van der Waals surface area contributed by atoms with Crippen LogP contribution in [0.2, 0.25) is 5.02 Å². The van der Waals surface area contributed by atoms with Crippen molar-refractivity contribution in [2.45, 2.75) is 107 Å². The van der Waals surface area contributed by atoms with E-state index in [-0.39, 0.29) is 47.7 Å². The van der Waals surface area contributed by atoms with Gasteiger partial charge in [-0.15, -0.1) is 0 Å². The number of primary amides is 1. The minimum atomic E-state index is -4.20. The molecule has 2 fully saturated rings. The third-order valence-electron chi connectivity index (χ3n) is 10.1. The fraction of sp³-hybridized carbons (Fsp3) is 0.525. The normalized spacial score (nSPS) is 18.6. The van der Waals surface area contributed by atoms with Gasteiger partial charge in [-0.3, -0.25) is 28.8 Å². The van der Waals surface area contributed by atoms with E-state index in [0.717, 1.165) is 19.3 Å². The van der Waals surface area contributed by atoms with Crippen molar-refractivity contribution in [3.63, 3.8) is 0 Å². The largest absolute Gasteiger partial charge is 0.449 e. The molecule has 0 radical (unpaired) electrons. The topological polar surface area (TPSA) is 252 Å². The van der Waals surface area contributed by atoms with Crippen LogP contribution in [0.25, 0.3) is 0 Å². The van der Waals surface area contributed by atoms with Crippen molar-refractivity contribution in [3.8, 4) is 0 Å². The monoisotopic (exact) mass is 859 g/mol. The number of Topliss-reactive ketones (excluding diaryl/α,β-unsaturated/α-hetero) is 1. The highest BCUT2D eigenvalue weighted by Crippen LogP contribution is 2.30. The van der Waals surface area contributed by atoms with Crippen LogP contribution >= 0.6 is 11.6 Å². The van der Waals surface area contributed by atoms with Gasteiger partial charge in [0.2, 0.25) is 39.4 Å². The summed E-state index contributed by atoms with van der Waals surface area (Å²) in [6, 6.07) is 7.74. The molecule has 2 aromatic rings. The Morgan fingerprint density at radius 1 is 0.932 bits per heavy atom. The number of carbonyl (C=O) groups is 7. The highest BCUT2D eigenvalue weighted by atomic mass is 35.5. The molecule has 6 amide bonds. The summed E-state index contributed by atoms with van der Waals surface area (Å²) in [4.78, 5) is 94.0. The Hall–Kier alpha value is -5.07. The first-order chi connectivity index (χ1) is 28.0. The van der Waals surface area contributed by atoms with Crippen molar-refractivity contribution >= 4 is 63.0 Å². The third-order valence-corrected chi connectivity index (χ3v) is 11.8. The molecule has 1 saturated heterocycles. The van der Waals surface area contributed by atoms with Gasteiger partial charge in [-0.1, -0.05) is 94.5 Å². The van der Waals surface area contributed by atoms with E-state index in [2.05, 4.69) is 26.0 Å². The maximum Gasteiger partial charge on any atom is 0.407 e. The minimum absolute atomic E-state index is 0.00137. The average Bonchev–Trinajstić information content (AvgIpc) is 3.63. The van der Waals surface area contributed by atoms with Gasteiger partial charge in [-0.05, 0) is 61.3 Å². The molecule has 17 nitrogen and oxygen atoms in total. The fourth-order valence-electron chi connectivity index (χ4n) is 7.18. The van der Waals surface area contributed by atoms with Crippen LogP contribution in [-0.2, 0) is 43.5 Å². The van der Waals surface area contributed by atoms with Crippen LogP contribution in [0.3, 0.4) is 0 Å². The number of nitrogens with two attached hydrogens (primary N) is 1. The molecule has 4 rings (SSSR count). The second-order valence-corrected chi connectivity index (χ2v) is 17.4. The van der Waals surface area contributed by atoms with Gasteiger partial charge >= 0.3 is 6.09 Å². The Labute approximate surface area is 349 Å². The van der Waals surface area contributed by atoms with E-state index < -0.39 is 88.2 Å². The Bertz CT molecular complexity index is 1950. The Morgan fingerprint density at radius 2 is 1.63 bits per heavy atom. The first-order valence-electron chi connectivity index (χ1n) is 19.8. The molecule has 2 aromatic carbocycles. The standard InChI is InChI=1S/C40H54ClN7O10S/c1-4-12-30(35(50)38(53)43-21-32(49)45-33(36(42)51)25-13-7-5-8-14-25)44-37(52)31-20-28(47-59(56,57)29-18-11-17-27(41)19-29)22-48(31)39(54)34(26-15-9-6-10-16-26)46-40(55)58-23-24(2)3/h5,7-8,11,13-14,17-19,24,26,28,30-31,33-34,47H,4,6,9-10,12,15-16,20-23H2,1-3H3,(H2,42,51)(H,43,53)(H,44,52)(H,45,49)(H,46,55)/t28-,30?,31?,33+,34+/m1/s1. The van der Waals surface area contributed by atoms with Crippen LogP contribution in [0, 0.1) is 11.8 Å². The number of hydrogen-bond donors (Lipinski definition) is 6. The highest BCUT2D eigenvalue weighted by molar-refractivity contribution is 7.89. The summed E-state index contributed by atoms with van der Waals surface area (Å²) < 4.78 is 34.8. The van der Waals surface area contributed by atoms with Crippen molar-refractivity contribution in [1.29, 1.82) is 0 Å². The second-order valence-electron chi connectivity index (χ2n) is 15.2. The van der Waals surface area contributed by atoms with Gasteiger partial charge in [-0.25, -0.2) is 17.9 Å². The summed E-state index contributed by atoms with van der Waals surface area (Å²) in [6.45, 7) is 4.59. The number of alkyl carbamates (subject to hydrolysis) is 1. The molecule has 0 bridgehead atoms. The van der Waals surface area contributed by atoms with Crippen LogP contribution in [0.4, 0.5) is 4.79 Å². The molecule has 322 valence electrons. The molecule has 1 heterocycles. The van der Waals surface area contributed by atoms with Gasteiger partial charge in [0.05, 0.1) is 24.1 Å². The zero-order valence-electron chi connectivity index (χ0n) is 33.4. The van der Waals surface area contributed by atoms with Crippen LogP contribution in [0.5, 0.6) is 0 Å². The van der Waals surface area contributed by atoms with E-state index in [1.807, 2.05) is 13.8 Å². The van der Waals surface area contributed by atoms with Crippen LogP contribution in [-0.4, -0.2) is 98.6 Å². The average molecular weight is 860 g/mol. The zero-order chi connectivity index (χ0) is 43.3. The minimum Gasteiger partial charge on any atom is -0.449 e. The lowest BCUT2D eigenvalue weighted by Crippen LogP contribution is -2.58. The number of sulfonamides is 1. The lowest BCUT2D eigenvalue weighted by atomic mass is 9.83. The van der Waals surface area contributed by atoms with Crippen molar-refractivity contribution in [2.75, 3.05) is 19.7 Å². The molecule has 0 spiro atoms.